The summed E-state index contributed by atoms with van der Waals surface area (Å²) in [5.74, 6) is 1.16. The molecule has 5 heteroatoms. The first-order valence-corrected chi connectivity index (χ1v) is 6.28. The normalized spacial score (nSPS) is 10.5. The number of hydrogen-bond acceptors (Lipinski definition) is 2. The topological polar surface area (TPSA) is 25.8 Å². The van der Waals surface area contributed by atoms with Gasteiger partial charge < -0.3 is 0 Å². The summed E-state index contributed by atoms with van der Waals surface area (Å²) in [6.45, 7) is 0. The van der Waals surface area contributed by atoms with Crippen LogP contribution < -0.4 is 0 Å². The van der Waals surface area contributed by atoms with Gasteiger partial charge in [-0.2, -0.15) is 0 Å². The Labute approximate surface area is 115 Å². The molecular formula is C12H9Cl3N2. The predicted molar refractivity (Wildman–Crippen MR) is 70.9 cm³/mol. The zero-order valence-corrected chi connectivity index (χ0v) is 11.1. The average Bonchev–Trinajstić information content (AvgIpc) is 2.35. The summed E-state index contributed by atoms with van der Waals surface area (Å²) >= 11 is 17.4. The zero-order chi connectivity index (χ0) is 12.3. The van der Waals surface area contributed by atoms with Gasteiger partial charge >= 0.3 is 0 Å². The van der Waals surface area contributed by atoms with Crippen molar-refractivity contribution in [3.8, 4) is 0 Å². The van der Waals surface area contributed by atoms with Crippen LogP contribution in [0.4, 0.5) is 0 Å². The van der Waals surface area contributed by atoms with E-state index in [0.29, 0.717) is 22.3 Å². The maximum atomic E-state index is 5.94. The number of halogens is 3. The van der Waals surface area contributed by atoms with Gasteiger partial charge in [-0.1, -0.05) is 29.3 Å². The third-order valence-electron chi connectivity index (χ3n) is 2.26. The third kappa shape index (κ3) is 3.32. The molecule has 2 nitrogen and oxygen atoms in total. The summed E-state index contributed by atoms with van der Waals surface area (Å²) < 4.78 is 0. The van der Waals surface area contributed by atoms with Crippen molar-refractivity contribution in [2.75, 3.05) is 0 Å². The van der Waals surface area contributed by atoms with Crippen LogP contribution in [0.15, 0.2) is 30.6 Å². The van der Waals surface area contributed by atoms with Gasteiger partial charge in [-0.25, -0.2) is 9.97 Å². The summed E-state index contributed by atoms with van der Waals surface area (Å²) in [7, 11) is 0. The van der Waals surface area contributed by atoms with E-state index in [2.05, 4.69) is 9.97 Å². The molecule has 17 heavy (non-hydrogen) atoms. The molecule has 0 saturated carbocycles. The molecule has 2 aromatic rings. The van der Waals surface area contributed by atoms with Gasteiger partial charge in [0.25, 0.3) is 0 Å². The van der Waals surface area contributed by atoms with Crippen molar-refractivity contribution in [3.05, 3.63) is 57.6 Å². The van der Waals surface area contributed by atoms with Crippen molar-refractivity contribution in [1.82, 2.24) is 9.97 Å². The fourth-order valence-corrected chi connectivity index (χ4v) is 1.83. The lowest BCUT2D eigenvalue weighted by molar-refractivity contribution is 0.952. The number of hydrogen-bond donors (Lipinski definition) is 0. The van der Waals surface area contributed by atoms with Gasteiger partial charge in [0.1, 0.15) is 5.82 Å². The van der Waals surface area contributed by atoms with E-state index in [1.54, 1.807) is 18.5 Å². The van der Waals surface area contributed by atoms with Crippen LogP contribution in [0, 0.1) is 0 Å². The maximum absolute atomic E-state index is 5.94. The quantitative estimate of drug-likeness (QED) is 0.794. The Hall–Kier alpha value is -0.830. The predicted octanol–water partition coefficient (Wildman–Crippen LogP) is 4.11. The number of benzene rings is 1. The third-order valence-corrected chi connectivity index (χ3v) is 3.31. The second-order valence-corrected chi connectivity index (χ2v) is 4.65. The largest absolute Gasteiger partial charge is 0.241 e. The van der Waals surface area contributed by atoms with Crippen LogP contribution in [0.5, 0.6) is 0 Å². The Kier molecular flexibility index (Phi) is 4.21. The van der Waals surface area contributed by atoms with E-state index in [1.807, 2.05) is 12.1 Å². The summed E-state index contributed by atoms with van der Waals surface area (Å²) in [4.78, 5) is 8.45. The lowest BCUT2D eigenvalue weighted by Crippen LogP contribution is -1.97. The van der Waals surface area contributed by atoms with E-state index in [9.17, 15) is 0 Å². The molecule has 0 bridgehead atoms. The van der Waals surface area contributed by atoms with Crippen LogP contribution >= 0.6 is 34.8 Å². The second-order valence-electron chi connectivity index (χ2n) is 3.57. The second kappa shape index (κ2) is 5.67. The van der Waals surface area contributed by atoms with Crippen molar-refractivity contribution in [2.45, 2.75) is 12.3 Å². The fraction of sp³-hybridized carbons (Fsp3) is 0.167. The van der Waals surface area contributed by atoms with Crippen LogP contribution in [0.1, 0.15) is 17.0 Å². The smallest absolute Gasteiger partial charge is 0.132 e. The molecule has 0 spiro atoms. The van der Waals surface area contributed by atoms with Crippen LogP contribution in [0.25, 0.3) is 0 Å². The van der Waals surface area contributed by atoms with Gasteiger partial charge in [0.2, 0.25) is 0 Å². The monoisotopic (exact) mass is 286 g/mol. The summed E-state index contributed by atoms with van der Waals surface area (Å²) in [5, 5.41) is 1.09. The molecule has 0 atom stereocenters. The van der Waals surface area contributed by atoms with E-state index >= 15 is 0 Å². The molecular weight excluding hydrogens is 279 g/mol. The van der Waals surface area contributed by atoms with Crippen LogP contribution in [-0.2, 0) is 12.3 Å². The minimum Gasteiger partial charge on any atom is -0.241 e. The molecule has 1 aromatic carbocycles. The van der Waals surface area contributed by atoms with Crippen LogP contribution in [-0.4, -0.2) is 9.97 Å². The van der Waals surface area contributed by atoms with Crippen molar-refractivity contribution < 1.29 is 0 Å². The van der Waals surface area contributed by atoms with Gasteiger partial charge in [0.05, 0.1) is 15.9 Å². The van der Waals surface area contributed by atoms with E-state index in [4.69, 9.17) is 34.8 Å². The molecule has 0 fully saturated rings. The van der Waals surface area contributed by atoms with Crippen molar-refractivity contribution in [1.29, 1.82) is 0 Å². The van der Waals surface area contributed by atoms with E-state index in [1.165, 1.54) is 0 Å². The van der Waals surface area contributed by atoms with Gasteiger partial charge in [-0.05, 0) is 17.7 Å². The first-order chi connectivity index (χ1) is 8.19. The van der Waals surface area contributed by atoms with Crippen molar-refractivity contribution in [2.24, 2.45) is 0 Å². The van der Waals surface area contributed by atoms with Crippen molar-refractivity contribution >= 4 is 34.8 Å². The number of alkyl halides is 1. The Bertz CT molecular complexity index is 512. The lowest BCUT2D eigenvalue weighted by atomic mass is 10.1. The highest BCUT2D eigenvalue weighted by Gasteiger charge is 2.03. The van der Waals surface area contributed by atoms with Gasteiger partial charge in [0, 0.05) is 24.4 Å². The fourth-order valence-electron chi connectivity index (χ4n) is 1.37. The first-order valence-electron chi connectivity index (χ1n) is 4.98. The molecule has 1 heterocycles. The van der Waals surface area contributed by atoms with Crippen LogP contribution in [0.3, 0.4) is 0 Å². The highest BCUT2D eigenvalue weighted by Crippen LogP contribution is 2.23. The van der Waals surface area contributed by atoms with Crippen molar-refractivity contribution in [3.63, 3.8) is 0 Å². The lowest BCUT2D eigenvalue weighted by Gasteiger charge is -2.03. The molecule has 88 valence electrons. The first kappa shape index (κ1) is 12.6. The van der Waals surface area contributed by atoms with E-state index < -0.39 is 0 Å². The standard InChI is InChI=1S/C12H9Cl3N2/c13-5-9-6-16-12(17-7-9)4-8-1-2-10(14)11(15)3-8/h1-3,6-7H,4-5H2. The summed E-state index contributed by atoms with van der Waals surface area (Å²) in [6, 6.07) is 5.50. The molecule has 0 N–H and O–H groups in total. The number of aromatic nitrogens is 2. The van der Waals surface area contributed by atoms with Gasteiger partial charge in [-0.15, -0.1) is 11.6 Å². The molecule has 1 aromatic heterocycles. The Morgan fingerprint density at radius 1 is 0.941 bits per heavy atom. The average molecular weight is 288 g/mol. The minimum atomic E-state index is 0.424. The summed E-state index contributed by atoms with van der Waals surface area (Å²) in [5.41, 5.74) is 1.93. The highest BCUT2D eigenvalue weighted by molar-refractivity contribution is 6.42. The molecule has 0 radical (unpaired) electrons. The molecule has 0 saturated heterocycles. The molecule has 0 aliphatic heterocycles. The molecule has 0 amide bonds. The number of rotatable bonds is 3. The van der Waals surface area contributed by atoms with Gasteiger partial charge in [0.15, 0.2) is 0 Å². The maximum Gasteiger partial charge on any atom is 0.132 e. The SMILES string of the molecule is ClCc1cnc(Cc2ccc(Cl)c(Cl)c2)nc1. The van der Waals surface area contributed by atoms with Crippen LogP contribution in [0.2, 0.25) is 10.0 Å². The van der Waals surface area contributed by atoms with Gasteiger partial charge in [-0.3, -0.25) is 0 Å². The zero-order valence-electron chi connectivity index (χ0n) is 8.83. The molecule has 0 unspecified atom stereocenters. The Morgan fingerprint density at radius 3 is 2.24 bits per heavy atom. The Morgan fingerprint density at radius 2 is 1.65 bits per heavy atom. The van der Waals surface area contributed by atoms with E-state index in [-0.39, 0.29) is 0 Å². The molecule has 2 rings (SSSR count). The summed E-state index contributed by atoms with van der Waals surface area (Å²) in [6.07, 6.45) is 4.08. The van der Waals surface area contributed by atoms with E-state index in [0.717, 1.165) is 17.0 Å². The molecule has 0 aliphatic rings. The molecule has 0 aliphatic carbocycles. The highest BCUT2D eigenvalue weighted by atomic mass is 35.5. The Balaban J connectivity index is 2.16. The minimum absolute atomic E-state index is 0.424. The number of nitrogens with zero attached hydrogens (tertiary/aromatic N) is 2.